The molecule has 1 unspecified atom stereocenters. The maximum Gasteiger partial charge on any atom is 0.321 e. The van der Waals surface area contributed by atoms with Crippen molar-refractivity contribution in [2.45, 2.75) is 58.3 Å². The number of urea groups is 1. The van der Waals surface area contributed by atoms with E-state index >= 15 is 0 Å². The average molecular weight is 708 g/mol. The first-order chi connectivity index (χ1) is 25.9. The molecule has 7 rings (SSSR count). The van der Waals surface area contributed by atoms with Gasteiger partial charge in [-0.15, -0.1) is 0 Å². The quantitative estimate of drug-likeness (QED) is 0.119. The summed E-state index contributed by atoms with van der Waals surface area (Å²) in [4.78, 5) is 29.2. The number of carbonyl (C=O) groups excluding carboxylic acids is 1. The Kier molecular flexibility index (Phi) is 11.3. The molecular formula is C44H45N5O4. The molecule has 0 radical (unpaired) electrons. The third-order valence-electron chi connectivity index (χ3n) is 9.67. The number of nitrogens with zero attached hydrogens (tertiary/aromatic N) is 5. The van der Waals surface area contributed by atoms with Gasteiger partial charge in [-0.05, 0) is 60.4 Å². The van der Waals surface area contributed by atoms with Crippen LogP contribution in [-0.4, -0.2) is 69.6 Å². The Balaban J connectivity index is 1.05. The fourth-order valence-corrected chi connectivity index (χ4v) is 6.72. The van der Waals surface area contributed by atoms with E-state index in [-0.39, 0.29) is 24.7 Å². The predicted octanol–water partition coefficient (Wildman–Crippen LogP) is 7.25. The summed E-state index contributed by atoms with van der Waals surface area (Å²) >= 11 is 0. The number of rotatable bonds is 13. The van der Waals surface area contributed by atoms with E-state index in [0.717, 1.165) is 47.5 Å². The molecule has 53 heavy (non-hydrogen) atoms. The highest BCUT2D eigenvalue weighted by Gasteiger charge is 2.40. The van der Waals surface area contributed by atoms with Crippen LogP contribution in [0.2, 0.25) is 0 Å². The van der Waals surface area contributed by atoms with Gasteiger partial charge in [0.05, 0.1) is 18.7 Å². The maximum atomic E-state index is 14.0. The Hall–Kier alpha value is -5.69. The van der Waals surface area contributed by atoms with Gasteiger partial charge in [0.1, 0.15) is 25.2 Å². The van der Waals surface area contributed by atoms with Crippen LogP contribution in [0.4, 0.5) is 4.79 Å². The topological polar surface area (TPSA) is 80.3 Å². The molecule has 9 heteroatoms. The first-order valence-corrected chi connectivity index (χ1v) is 18.1. The summed E-state index contributed by atoms with van der Waals surface area (Å²) in [5.74, 6) is 7.39. The van der Waals surface area contributed by atoms with E-state index in [9.17, 15) is 4.79 Å². The lowest BCUT2D eigenvalue weighted by atomic mass is 10.0. The van der Waals surface area contributed by atoms with Crippen LogP contribution in [-0.2, 0) is 31.0 Å². The van der Waals surface area contributed by atoms with Crippen LogP contribution >= 0.6 is 0 Å². The molecule has 2 saturated heterocycles. The minimum atomic E-state index is -0.132. The molecule has 9 nitrogen and oxygen atoms in total. The zero-order valence-electron chi connectivity index (χ0n) is 30.5. The standard InChI is InChI=1S/C44H45N5O4/c1-32(2)49-41(38-22-20-34(21-23-38)15-14-33-16-18-35(19-17-33)24-47-25-39(26-47)51-3)28-48(44(49)50)27-40-42(52-29-36-10-6-4-7-11-36)43(46-31-45-40)53-30-37-12-8-5-9-13-37/h4-13,16-23,31-32,39,41H,24-30H2,1-3H3. The van der Waals surface area contributed by atoms with Crippen LogP contribution < -0.4 is 9.47 Å². The van der Waals surface area contributed by atoms with E-state index in [4.69, 9.17) is 14.2 Å². The van der Waals surface area contributed by atoms with Crippen LogP contribution in [0.1, 0.15) is 59.0 Å². The summed E-state index contributed by atoms with van der Waals surface area (Å²) in [7, 11) is 1.77. The lowest BCUT2D eigenvalue weighted by molar-refractivity contribution is -0.0333. The molecule has 0 saturated carbocycles. The lowest BCUT2D eigenvalue weighted by Gasteiger charge is -2.38. The summed E-state index contributed by atoms with van der Waals surface area (Å²) in [6.07, 6.45) is 1.83. The number of likely N-dealkylation sites (tertiary alicyclic amines) is 1. The average Bonchev–Trinajstić information content (AvgIpc) is 3.50. The minimum Gasteiger partial charge on any atom is -0.482 e. The molecule has 270 valence electrons. The van der Waals surface area contributed by atoms with Gasteiger partial charge >= 0.3 is 6.03 Å². The number of carbonyl (C=O) groups is 1. The van der Waals surface area contributed by atoms with Crippen molar-refractivity contribution in [2.75, 3.05) is 26.7 Å². The molecule has 3 heterocycles. The van der Waals surface area contributed by atoms with E-state index in [1.165, 1.54) is 11.9 Å². The second kappa shape index (κ2) is 16.8. The summed E-state index contributed by atoms with van der Waals surface area (Å²) in [6, 6.07) is 36.3. The zero-order chi connectivity index (χ0) is 36.6. The highest BCUT2D eigenvalue weighted by atomic mass is 16.5. The summed E-state index contributed by atoms with van der Waals surface area (Å²) < 4.78 is 17.9. The van der Waals surface area contributed by atoms with E-state index < -0.39 is 0 Å². The van der Waals surface area contributed by atoms with Crippen molar-refractivity contribution in [1.82, 2.24) is 24.7 Å². The first-order valence-electron chi connectivity index (χ1n) is 18.1. The fraction of sp³-hybridized carbons (Fsp3) is 0.295. The van der Waals surface area contributed by atoms with Gasteiger partial charge in [-0.2, -0.15) is 4.98 Å². The van der Waals surface area contributed by atoms with Gasteiger partial charge in [0, 0.05) is 50.5 Å². The first kappa shape index (κ1) is 35.7. The molecule has 0 aliphatic carbocycles. The zero-order valence-corrected chi connectivity index (χ0v) is 30.5. The molecule has 0 bridgehead atoms. The number of hydrogen-bond acceptors (Lipinski definition) is 7. The van der Waals surface area contributed by atoms with Gasteiger partial charge in [-0.3, -0.25) is 4.90 Å². The molecule has 2 amide bonds. The van der Waals surface area contributed by atoms with Crippen molar-refractivity contribution in [2.24, 2.45) is 0 Å². The molecule has 2 fully saturated rings. The van der Waals surface area contributed by atoms with Crippen molar-refractivity contribution < 1.29 is 19.0 Å². The number of benzene rings is 4. The molecule has 1 atom stereocenters. The van der Waals surface area contributed by atoms with Crippen LogP contribution in [0.3, 0.4) is 0 Å². The molecule has 0 N–H and O–H groups in total. The van der Waals surface area contributed by atoms with Crippen molar-refractivity contribution in [3.05, 3.63) is 155 Å². The minimum absolute atomic E-state index is 0.00796. The smallest absolute Gasteiger partial charge is 0.321 e. The summed E-state index contributed by atoms with van der Waals surface area (Å²) in [6.45, 7) is 8.38. The lowest BCUT2D eigenvalue weighted by Crippen LogP contribution is -2.50. The van der Waals surface area contributed by atoms with Crippen molar-refractivity contribution in [3.63, 3.8) is 0 Å². The van der Waals surface area contributed by atoms with E-state index in [0.29, 0.717) is 43.2 Å². The van der Waals surface area contributed by atoms with Crippen LogP contribution in [0, 0.1) is 11.8 Å². The number of amides is 2. The molecule has 0 spiro atoms. The molecule has 4 aromatic carbocycles. The maximum absolute atomic E-state index is 14.0. The Morgan fingerprint density at radius 1 is 0.717 bits per heavy atom. The summed E-state index contributed by atoms with van der Waals surface area (Å²) in [5.41, 5.74) is 6.84. The van der Waals surface area contributed by atoms with Gasteiger partial charge in [0.15, 0.2) is 0 Å². The highest BCUT2D eigenvalue weighted by molar-refractivity contribution is 5.78. The van der Waals surface area contributed by atoms with Gasteiger partial charge in [0.25, 0.3) is 5.88 Å². The van der Waals surface area contributed by atoms with E-state index in [2.05, 4.69) is 63.1 Å². The predicted molar refractivity (Wildman–Crippen MR) is 204 cm³/mol. The number of hydrogen-bond donors (Lipinski definition) is 0. The van der Waals surface area contributed by atoms with Crippen LogP contribution in [0.15, 0.2) is 116 Å². The Morgan fingerprint density at radius 3 is 1.92 bits per heavy atom. The summed E-state index contributed by atoms with van der Waals surface area (Å²) in [5, 5.41) is 0. The second-order valence-electron chi connectivity index (χ2n) is 13.8. The molecule has 5 aromatic rings. The number of ether oxygens (including phenoxy) is 3. The Labute approximate surface area is 312 Å². The van der Waals surface area contributed by atoms with E-state index in [1.807, 2.05) is 96.4 Å². The Bertz CT molecular complexity index is 2020. The molecule has 1 aromatic heterocycles. The molecular weight excluding hydrogens is 663 g/mol. The molecule has 2 aliphatic heterocycles. The number of aromatic nitrogens is 2. The Morgan fingerprint density at radius 2 is 1.32 bits per heavy atom. The third kappa shape index (κ3) is 8.86. The second-order valence-corrected chi connectivity index (χ2v) is 13.8. The van der Waals surface area contributed by atoms with Crippen LogP contribution in [0.5, 0.6) is 11.6 Å². The van der Waals surface area contributed by atoms with Crippen LogP contribution in [0.25, 0.3) is 0 Å². The van der Waals surface area contributed by atoms with Gasteiger partial charge in [0.2, 0.25) is 5.75 Å². The van der Waals surface area contributed by atoms with Gasteiger partial charge < -0.3 is 24.0 Å². The fourth-order valence-electron chi connectivity index (χ4n) is 6.72. The SMILES string of the molecule is COC1CN(Cc2ccc(C#Cc3ccc(C4CN(Cc5ncnc(OCc6ccccc6)c5OCc5ccccc5)C(=O)N4C(C)C)cc3)cc2)C1. The van der Waals surface area contributed by atoms with Crippen molar-refractivity contribution >= 4 is 6.03 Å². The number of methoxy groups -OCH3 is 1. The highest BCUT2D eigenvalue weighted by Crippen LogP contribution is 2.35. The van der Waals surface area contributed by atoms with Gasteiger partial charge in [-0.1, -0.05) is 96.8 Å². The third-order valence-corrected chi connectivity index (χ3v) is 9.67. The van der Waals surface area contributed by atoms with Gasteiger partial charge in [-0.25, -0.2) is 9.78 Å². The van der Waals surface area contributed by atoms with Crippen molar-refractivity contribution in [1.29, 1.82) is 0 Å². The van der Waals surface area contributed by atoms with E-state index in [1.54, 1.807) is 7.11 Å². The normalized spacial score (nSPS) is 16.0. The molecule has 2 aliphatic rings. The largest absolute Gasteiger partial charge is 0.482 e. The monoisotopic (exact) mass is 707 g/mol. The van der Waals surface area contributed by atoms with Crippen molar-refractivity contribution in [3.8, 4) is 23.5 Å².